The molecule has 4 nitrogen and oxygen atoms in total. The highest BCUT2D eigenvalue weighted by Crippen LogP contribution is 2.28. The second kappa shape index (κ2) is 18.7. The number of phenolic OH excluding ortho intramolecular Hbond substituents is 1. The molecule has 0 saturated heterocycles. The lowest BCUT2D eigenvalue weighted by Gasteiger charge is -2.12. The first kappa shape index (κ1) is 31.3. The molecular formula is C29H46FN3O. The zero-order valence-corrected chi connectivity index (χ0v) is 22.4. The topological polar surface area (TPSA) is 71.5 Å². The van der Waals surface area contributed by atoms with Crippen LogP contribution in [0.15, 0.2) is 47.7 Å². The molecule has 0 radical (unpaired) electrons. The van der Waals surface area contributed by atoms with Crippen LogP contribution in [0.1, 0.15) is 104 Å². The number of rotatable bonds is 7. The van der Waals surface area contributed by atoms with Gasteiger partial charge in [-0.05, 0) is 30.2 Å². The Kier molecular flexibility index (Phi) is 17.2. The fraction of sp³-hybridized carbons (Fsp3) is 0.517. The van der Waals surface area contributed by atoms with Gasteiger partial charge in [-0.15, -0.1) is 0 Å². The smallest absolute Gasteiger partial charge is 0.136 e. The Hall–Kier alpha value is -2.69. The number of aromatic hydroxyl groups is 1. The second-order valence-electron chi connectivity index (χ2n) is 7.77. The molecule has 0 saturated carbocycles. The minimum Gasteiger partial charge on any atom is -0.507 e. The first-order valence-electron chi connectivity index (χ1n) is 12.9. The molecule has 2 aromatic rings. The molecule has 34 heavy (non-hydrogen) atoms. The normalized spacial score (nSPS) is 12.6. The van der Waals surface area contributed by atoms with Crippen molar-refractivity contribution < 1.29 is 9.50 Å². The molecule has 0 amide bonds. The van der Waals surface area contributed by atoms with Crippen molar-refractivity contribution in [3.05, 3.63) is 65.2 Å². The third-order valence-corrected chi connectivity index (χ3v) is 5.42. The Labute approximate surface area is 207 Å². The molecule has 0 fully saturated rings. The van der Waals surface area contributed by atoms with E-state index in [4.69, 9.17) is 5.73 Å². The number of pyridine rings is 1. The van der Waals surface area contributed by atoms with E-state index in [0.29, 0.717) is 29.1 Å². The van der Waals surface area contributed by atoms with E-state index in [1.165, 1.54) is 56.7 Å². The summed E-state index contributed by atoms with van der Waals surface area (Å²) in [5, 5.41) is 9.94. The van der Waals surface area contributed by atoms with Gasteiger partial charge in [-0.2, -0.15) is 0 Å². The molecule has 0 aliphatic carbocycles. The lowest BCUT2D eigenvalue weighted by Crippen LogP contribution is -2.10. The summed E-state index contributed by atoms with van der Waals surface area (Å²) in [4.78, 5) is 8.37. The van der Waals surface area contributed by atoms with Crippen LogP contribution in [0.3, 0.4) is 0 Å². The Morgan fingerprint density at radius 3 is 2.35 bits per heavy atom. The zero-order valence-electron chi connectivity index (χ0n) is 22.4. The van der Waals surface area contributed by atoms with Crippen LogP contribution in [0.4, 0.5) is 4.39 Å². The van der Waals surface area contributed by atoms with Crippen molar-refractivity contribution in [3.8, 4) is 5.75 Å². The summed E-state index contributed by atoms with van der Waals surface area (Å²) in [5.74, 6) is 0.288. The van der Waals surface area contributed by atoms with Crippen LogP contribution in [-0.2, 0) is 0 Å². The number of phenols is 1. The van der Waals surface area contributed by atoms with Crippen molar-refractivity contribution in [2.45, 2.75) is 87.0 Å². The SMILES string of the molecule is CC.CC.CCCCCCC(C)CC.NC1=CCN=C(c2c(O)cccc2F)c2ccncc21. The largest absolute Gasteiger partial charge is 0.507 e. The average Bonchev–Trinajstić information content (AvgIpc) is 3.03. The van der Waals surface area contributed by atoms with Gasteiger partial charge in [-0.1, -0.05) is 93.1 Å². The van der Waals surface area contributed by atoms with Crippen molar-refractivity contribution in [1.82, 2.24) is 4.98 Å². The van der Waals surface area contributed by atoms with Crippen LogP contribution in [0.2, 0.25) is 0 Å². The number of nitrogens with zero attached hydrogens (tertiary/aromatic N) is 2. The predicted molar refractivity (Wildman–Crippen MR) is 146 cm³/mol. The third-order valence-electron chi connectivity index (χ3n) is 5.42. The van der Waals surface area contributed by atoms with Gasteiger partial charge in [0.1, 0.15) is 11.6 Å². The fourth-order valence-corrected chi connectivity index (χ4v) is 3.35. The first-order chi connectivity index (χ1) is 16.5. The maximum atomic E-state index is 14.1. The second-order valence-corrected chi connectivity index (χ2v) is 7.77. The van der Waals surface area contributed by atoms with E-state index in [9.17, 15) is 9.50 Å². The van der Waals surface area contributed by atoms with E-state index >= 15 is 0 Å². The van der Waals surface area contributed by atoms with E-state index < -0.39 is 5.82 Å². The highest BCUT2D eigenvalue weighted by atomic mass is 19.1. The van der Waals surface area contributed by atoms with Gasteiger partial charge in [-0.3, -0.25) is 9.98 Å². The Morgan fingerprint density at radius 1 is 1.03 bits per heavy atom. The molecular weight excluding hydrogens is 425 g/mol. The predicted octanol–water partition coefficient (Wildman–Crippen LogP) is 8.13. The molecule has 3 rings (SSSR count). The summed E-state index contributed by atoms with van der Waals surface area (Å²) in [5.41, 5.74) is 8.31. The molecule has 5 heteroatoms. The highest BCUT2D eigenvalue weighted by Gasteiger charge is 2.21. The summed E-state index contributed by atoms with van der Waals surface area (Å²) in [7, 11) is 0. The Balaban J connectivity index is 0.000000663. The van der Waals surface area contributed by atoms with Gasteiger partial charge in [0.05, 0.1) is 17.8 Å². The van der Waals surface area contributed by atoms with E-state index in [1.54, 1.807) is 24.5 Å². The number of halogens is 1. The van der Waals surface area contributed by atoms with Crippen LogP contribution < -0.4 is 5.73 Å². The zero-order chi connectivity index (χ0) is 25.9. The van der Waals surface area contributed by atoms with Crippen molar-refractivity contribution in [2.75, 3.05) is 6.54 Å². The number of aromatic nitrogens is 1. The van der Waals surface area contributed by atoms with Gasteiger partial charge in [0, 0.05) is 29.2 Å². The molecule has 1 aromatic carbocycles. The molecule has 2 heterocycles. The maximum Gasteiger partial charge on any atom is 0.136 e. The van der Waals surface area contributed by atoms with Crippen molar-refractivity contribution in [1.29, 1.82) is 0 Å². The average molecular weight is 472 g/mol. The van der Waals surface area contributed by atoms with Crippen LogP contribution in [0.25, 0.3) is 5.70 Å². The summed E-state index contributed by atoms with van der Waals surface area (Å²) in [6.07, 6.45) is 13.4. The van der Waals surface area contributed by atoms with Gasteiger partial charge in [0.25, 0.3) is 0 Å². The Morgan fingerprint density at radius 2 is 1.74 bits per heavy atom. The number of fused-ring (bicyclic) bond motifs is 1. The standard InChI is InChI=1S/C15H12FN3O.C10H22.2C2H6/c16-11-2-1-3-13(20)14(11)15-9-4-6-18-8-10(9)12(17)5-7-19-15;1-4-6-7-8-9-10(3)5-2;2*1-2/h1-6,8,20H,7,17H2;10H,4-9H2,1-3H3;2*1-2H3. The summed E-state index contributed by atoms with van der Waals surface area (Å²) in [6, 6.07) is 5.89. The lowest BCUT2D eigenvalue weighted by molar-refractivity contribution is 0.467. The monoisotopic (exact) mass is 471 g/mol. The van der Waals surface area contributed by atoms with Gasteiger partial charge in [-0.25, -0.2) is 4.39 Å². The molecule has 1 unspecified atom stereocenters. The number of unbranched alkanes of at least 4 members (excludes halogenated alkanes) is 3. The number of aliphatic imine (C=N–C) groups is 1. The van der Waals surface area contributed by atoms with Crippen molar-refractivity contribution in [2.24, 2.45) is 16.6 Å². The van der Waals surface area contributed by atoms with Gasteiger partial charge in [0.2, 0.25) is 0 Å². The third kappa shape index (κ3) is 10.1. The summed E-state index contributed by atoms with van der Waals surface area (Å²) in [6.45, 7) is 15.2. The van der Waals surface area contributed by atoms with E-state index in [2.05, 4.69) is 30.7 Å². The minimum absolute atomic E-state index is 0.0862. The molecule has 1 atom stereocenters. The first-order valence-corrected chi connectivity index (χ1v) is 12.9. The van der Waals surface area contributed by atoms with E-state index in [0.717, 1.165) is 5.92 Å². The van der Waals surface area contributed by atoms with Crippen molar-refractivity contribution in [3.63, 3.8) is 0 Å². The number of hydrogen-bond donors (Lipinski definition) is 2. The quantitative estimate of drug-likeness (QED) is 0.400. The van der Waals surface area contributed by atoms with Gasteiger partial charge in [0.15, 0.2) is 0 Å². The highest BCUT2D eigenvalue weighted by molar-refractivity contribution is 6.17. The lowest BCUT2D eigenvalue weighted by atomic mass is 9.97. The van der Waals surface area contributed by atoms with E-state index in [1.807, 2.05) is 27.7 Å². The molecule has 0 bridgehead atoms. The van der Waals surface area contributed by atoms with Crippen LogP contribution >= 0.6 is 0 Å². The Bertz CT molecular complexity index is 857. The number of hydrogen-bond acceptors (Lipinski definition) is 4. The van der Waals surface area contributed by atoms with Crippen LogP contribution in [-0.4, -0.2) is 22.3 Å². The molecule has 0 spiro atoms. The fourth-order valence-electron chi connectivity index (χ4n) is 3.35. The molecule has 3 N–H and O–H groups in total. The molecule has 1 aromatic heterocycles. The summed E-state index contributed by atoms with van der Waals surface area (Å²) < 4.78 is 14.1. The van der Waals surface area contributed by atoms with Gasteiger partial charge >= 0.3 is 0 Å². The maximum absolute atomic E-state index is 14.1. The van der Waals surface area contributed by atoms with Gasteiger partial charge < -0.3 is 10.8 Å². The summed E-state index contributed by atoms with van der Waals surface area (Å²) >= 11 is 0. The van der Waals surface area contributed by atoms with Crippen LogP contribution in [0.5, 0.6) is 5.75 Å². The molecule has 190 valence electrons. The minimum atomic E-state index is -0.521. The number of benzene rings is 1. The van der Waals surface area contributed by atoms with Crippen molar-refractivity contribution >= 4 is 11.4 Å². The number of nitrogens with two attached hydrogens (primary N) is 1. The van der Waals surface area contributed by atoms with E-state index in [-0.39, 0.29) is 11.3 Å². The molecule has 1 aliphatic heterocycles. The molecule has 1 aliphatic rings. The van der Waals surface area contributed by atoms with Crippen LogP contribution in [0, 0.1) is 11.7 Å².